The molecule has 2 rings (SSSR count). The zero-order valence-electron chi connectivity index (χ0n) is 9.00. The minimum Gasteiger partial charge on any atom is -0.439 e. The van der Waals surface area contributed by atoms with Crippen molar-refractivity contribution in [3.05, 3.63) is 29.1 Å². The second-order valence-electron chi connectivity index (χ2n) is 3.39. The van der Waals surface area contributed by atoms with Gasteiger partial charge >= 0.3 is 0 Å². The Kier molecular flexibility index (Phi) is 3.77. The van der Waals surface area contributed by atoms with Crippen LogP contribution in [0.25, 0.3) is 11.1 Å². The Labute approximate surface area is 98.6 Å². The molecule has 0 aliphatic rings. The van der Waals surface area contributed by atoms with Crippen molar-refractivity contribution in [3.63, 3.8) is 0 Å². The number of fused-ring (bicyclic) bond motifs is 1. The minimum absolute atomic E-state index is 0.593. The lowest BCUT2D eigenvalue weighted by molar-refractivity contribution is 0.198. The van der Waals surface area contributed by atoms with Gasteiger partial charge in [0.25, 0.3) is 0 Å². The average Bonchev–Trinajstić information content (AvgIpc) is 2.66. The normalized spacial score (nSPS) is 11.1. The van der Waals surface area contributed by atoms with Crippen LogP contribution in [0.3, 0.4) is 0 Å². The van der Waals surface area contributed by atoms with E-state index in [0.29, 0.717) is 24.1 Å². The van der Waals surface area contributed by atoms with Crippen molar-refractivity contribution in [2.24, 2.45) is 0 Å². The molecule has 0 saturated heterocycles. The van der Waals surface area contributed by atoms with E-state index in [1.54, 1.807) is 19.2 Å². The molecule has 1 aromatic carbocycles. The SMILES string of the molecule is COCCNCc1nc2ccc(Cl)cc2o1. The summed E-state index contributed by atoms with van der Waals surface area (Å²) in [5, 5.41) is 3.82. The van der Waals surface area contributed by atoms with Crippen LogP contribution in [0.1, 0.15) is 5.89 Å². The smallest absolute Gasteiger partial charge is 0.209 e. The third-order valence-corrected chi connectivity index (χ3v) is 2.39. The lowest BCUT2D eigenvalue weighted by atomic mass is 10.3. The molecule has 0 saturated carbocycles. The molecule has 0 amide bonds. The largest absolute Gasteiger partial charge is 0.439 e. The average molecular weight is 241 g/mol. The number of hydrogen-bond donors (Lipinski definition) is 1. The van der Waals surface area contributed by atoms with Crippen molar-refractivity contribution >= 4 is 22.7 Å². The number of nitrogens with zero attached hydrogens (tertiary/aromatic N) is 1. The first-order chi connectivity index (χ1) is 7.79. The maximum atomic E-state index is 5.85. The van der Waals surface area contributed by atoms with Gasteiger partial charge in [-0.15, -0.1) is 0 Å². The summed E-state index contributed by atoms with van der Waals surface area (Å²) < 4.78 is 10.5. The molecule has 1 aromatic heterocycles. The van der Waals surface area contributed by atoms with E-state index in [2.05, 4.69) is 10.3 Å². The fourth-order valence-corrected chi connectivity index (χ4v) is 1.55. The highest BCUT2D eigenvalue weighted by Gasteiger charge is 2.05. The molecule has 1 heterocycles. The fraction of sp³-hybridized carbons (Fsp3) is 0.364. The van der Waals surface area contributed by atoms with Crippen LogP contribution in [-0.4, -0.2) is 25.2 Å². The first kappa shape index (κ1) is 11.4. The molecule has 2 aromatic rings. The molecule has 1 N–H and O–H groups in total. The number of oxazole rings is 1. The fourth-order valence-electron chi connectivity index (χ4n) is 1.39. The zero-order valence-corrected chi connectivity index (χ0v) is 9.75. The number of nitrogens with one attached hydrogen (secondary N) is 1. The Morgan fingerprint density at radius 3 is 3.19 bits per heavy atom. The molecule has 0 spiro atoms. The summed E-state index contributed by atoms with van der Waals surface area (Å²) in [5.74, 6) is 0.661. The van der Waals surface area contributed by atoms with Crippen LogP contribution in [0.2, 0.25) is 5.02 Å². The summed E-state index contributed by atoms with van der Waals surface area (Å²) in [6.07, 6.45) is 0. The van der Waals surface area contributed by atoms with Gasteiger partial charge in [0.15, 0.2) is 5.58 Å². The van der Waals surface area contributed by atoms with Gasteiger partial charge in [-0.1, -0.05) is 11.6 Å². The van der Waals surface area contributed by atoms with Crippen LogP contribution < -0.4 is 5.32 Å². The van der Waals surface area contributed by atoms with Crippen molar-refractivity contribution in [3.8, 4) is 0 Å². The summed E-state index contributed by atoms with van der Waals surface area (Å²) in [4.78, 5) is 4.32. The molecule has 5 heteroatoms. The minimum atomic E-state index is 0.593. The van der Waals surface area contributed by atoms with E-state index >= 15 is 0 Å². The Balaban J connectivity index is 2.02. The van der Waals surface area contributed by atoms with Crippen LogP contribution >= 0.6 is 11.6 Å². The summed E-state index contributed by atoms with van der Waals surface area (Å²) in [5.41, 5.74) is 1.55. The van der Waals surface area contributed by atoms with Crippen molar-refractivity contribution < 1.29 is 9.15 Å². The van der Waals surface area contributed by atoms with E-state index < -0.39 is 0 Å². The van der Waals surface area contributed by atoms with Crippen molar-refractivity contribution in [1.29, 1.82) is 0 Å². The molecule has 0 fully saturated rings. The van der Waals surface area contributed by atoms with Gasteiger partial charge in [-0.05, 0) is 12.1 Å². The van der Waals surface area contributed by atoms with Gasteiger partial charge in [-0.3, -0.25) is 0 Å². The molecule has 4 nitrogen and oxygen atoms in total. The summed E-state index contributed by atoms with van der Waals surface area (Å²) in [6.45, 7) is 2.04. The highest BCUT2D eigenvalue weighted by Crippen LogP contribution is 2.19. The third kappa shape index (κ3) is 2.72. The van der Waals surface area contributed by atoms with E-state index in [0.717, 1.165) is 17.6 Å². The Hall–Kier alpha value is -1.10. The molecule has 0 radical (unpaired) electrons. The van der Waals surface area contributed by atoms with E-state index in [1.807, 2.05) is 6.07 Å². The third-order valence-electron chi connectivity index (χ3n) is 2.15. The maximum Gasteiger partial charge on any atom is 0.209 e. The van der Waals surface area contributed by atoms with E-state index in [9.17, 15) is 0 Å². The van der Waals surface area contributed by atoms with E-state index in [-0.39, 0.29) is 0 Å². The molecule has 0 aliphatic heterocycles. The molecule has 16 heavy (non-hydrogen) atoms. The summed E-state index contributed by atoms with van der Waals surface area (Å²) in [6, 6.07) is 5.41. The summed E-state index contributed by atoms with van der Waals surface area (Å²) >= 11 is 5.85. The van der Waals surface area contributed by atoms with Crippen LogP contribution in [0, 0.1) is 0 Å². The topological polar surface area (TPSA) is 47.3 Å². The van der Waals surface area contributed by atoms with Crippen molar-refractivity contribution in [1.82, 2.24) is 10.3 Å². The first-order valence-electron chi connectivity index (χ1n) is 5.04. The molecular weight excluding hydrogens is 228 g/mol. The molecule has 0 atom stereocenters. The number of halogens is 1. The lowest BCUT2D eigenvalue weighted by Gasteiger charge is -1.99. The highest BCUT2D eigenvalue weighted by atomic mass is 35.5. The number of rotatable bonds is 5. The molecular formula is C11H13ClN2O2. The van der Waals surface area contributed by atoms with E-state index in [1.165, 1.54) is 0 Å². The number of benzene rings is 1. The zero-order chi connectivity index (χ0) is 11.4. The maximum absolute atomic E-state index is 5.85. The van der Waals surface area contributed by atoms with Gasteiger partial charge in [0.2, 0.25) is 5.89 Å². The van der Waals surface area contributed by atoms with Gasteiger partial charge in [0.1, 0.15) is 5.52 Å². The molecule has 0 unspecified atom stereocenters. The number of hydrogen-bond acceptors (Lipinski definition) is 4. The number of ether oxygens (including phenoxy) is 1. The van der Waals surface area contributed by atoms with Gasteiger partial charge in [0.05, 0.1) is 13.2 Å². The quantitative estimate of drug-likeness (QED) is 0.814. The van der Waals surface area contributed by atoms with Crippen LogP contribution in [-0.2, 0) is 11.3 Å². The van der Waals surface area contributed by atoms with Gasteiger partial charge in [-0.2, -0.15) is 0 Å². The first-order valence-corrected chi connectivity index (χ1v) is 5.42. The van der Waals surface area contributed by atoms with Gasteiger partial charge in [0, 0.05) is 24.7 Å². The van der Waals surface area contributed by atoms with E-state index in [4.69, 9.17) is 20.8 Å². The molecule has 86 valence electrons. The number of methoxy groups -OCH3 is 1. The van der Waals surface area contributed by atoms with Crippen LogP contribution in [0.15, 0.2) is 22.6 Å². The Morgan fingerprint density at radius 1 is 1.50 bits per heavy atom. The molecule has 0 aliphatic carbocycles. The lowest BCUT2D eigenvalue weighted by Crippen LogP contribution is -2.18. The standard InChI is InChI=1S/C11H13ClN2O2/c1-15-5-4-13-7-11-14-9-3-2-8(12)6-10(9)16-11/h2-3,6,13H,4-5,7H2,1H3. The Bertz CT molecular complexity index is 470. The summed E-state index contributed by atoms with van der Waals surface area (Å²) in [7, 11) is 1.67. The number of aromatic nitrogens is 1. The monoisotopic (exact) mass is 240 g/mol. The highest BCUT2D eigenvalue weighted by molar-refractivity contribution is 6.31. The molecule has 0 bridgehead atoms. The van der Waals surface area contributed by atoms with Crippen LogP contribution in [0.4, 0.5) is 0 Å². The van der Waals surface area contributed by atoms with Gasteiger partial charge in [-0.25, -0.2) is 4.98 Å². The Morgan fingerprint density at radius 2 is 2.38 bits per heavy atom. The predicted molar refractivity (Wildman–Crippen MR) is 62.6 cm³/mol. The van der Waals surface area contributed by atoms with Crippen LogP contribution in [0.5, 0.6) is 0 Å². The van der Waals surface area contributed by atoms with Gasteiger partial charge < -0.3 is 14.5 Å². The predicted octanol–water partition coefficient (Wildman–Crippen LogP) is 2.22. The van der Waals surface area contributed by atoms with Crippen molar-refractivity contribution in [2.75, 3.05) is 20.3 Å². The second kappa shape index (κ2) is 5.30. The van der Waals surface area contributed by atoms with Crippen molar-refractivity contribution in [2.45, 2.75) is 6.54 Å². The second-order valence-corrected chi connectivity index (χ2v) is 3.83.